The predicted molar refractivity (Wildman–Crippen MR) is 50.0 cm³/mol. The molecule has 0 aliphatic heterocycles. The number of halogens is 6. The van der Waals surface area contributed by atoms with Gasteiger partial charge in [0, 0.05) is 18.7 Å². The SMILES string of the molecule is N#CC(CNc1cc(F)cc(F)c1F)C(F)(F)F. The van der Waals surface area contributed by atoms with E-state index in [0.717, 1.165) is 6.07 Å². The van der Waals surface area contributed by atoms with Crippen LogP contribution in [-0.4, -0.2) is 12.7 Å². The van der Waals surface area contributed by atoms with Gasteiger partial charge in [0.1, 0.15) is 5.82 Å². The van der Waals surface area contributed by atoms with Gasteiger partial charge in [0.25, 0.3) is 0 Å². The third kappa shape index (κ3) is 3.29. The monoisotopic (exact) mass is 268 g/mol. The number of alkyl halides is 3. The van der Waals surface area contributed by atoms with Crippen molar-refractivity contribution < 1.29 is 26.3 Å². The Labute approximate surface area is 97.8 Å². The molecule has 0 aliphatic rings. The maximum atomic E-state index is 13.1. The first-order valence-corrected chi connectivity index (χ1v) is 4.60. The summed E-state index contributed by atoms with van der Waals surface area (Å²) in [7, 11) is 0. The molecule has 98 valence electrons. The van der Waals surface area contributed by atoms with E-state index >= 15 is 0 Å². The van der Waals surface area contributed by atoms with Gasteiger partial charge >= 0.3 is 6.18 Å². The molecule has 0 bridgehead atoms. The molecule has 0 saturated heterocycles. The van der Waals surface area contributed by atoms with Crippen LogP contribution in [0.25, 0.3) is 0 Å². The molecule has 1 aromatic carbocycles. The van der Waals surface area contributed by atoms with E-state index in [1.54, 1.807) is 0 Å². The number of nitrogens with one attached hydrogen (secondary N) is 1. The average Bonchev–Trinajstić information content (AvgIpc) is 2.23. The van der Waals surface area contributed by atoms with E-state index < -0.39 is 41.8 Å². The second-order valence-corrected chi connectivity index (χ2v) is 3.35. The molecule has 0 saturated carbocycles. The highest BCUT2D eigenvalue weighted by molar-refractivity contribution is 5.45. The van der Waals surface area contributed by atoms with Crippen LogP contribution in [0.15, 0.2) is 12.1 Å². The van der Waals surface area contributed by atoms with Crippen molar-refractivity contribution >= 4 is 5.69 Å². The second-order valence-electron chi connectivity index (χ2n) is 3.35. The Bertz CT molecular complexity index is 476. The lowest BCUT2D eigenvalue weighted by Crippen LogP contribution is -2.28. The van der Waals surface area contributed by atoms with Gasteiger partial charge < -0.3 is 5.32 Å². The molecule has 1 rings (SSSR count). The van der Waals surface area contributed by atoms with Crippen LogP contribution in [-0.2, 0) is 0 Å². The van der Waals surface area contributed by atoms with Gasteiger partial charge in [-0.1, -0.05) is 0 Å². The van der Waals surface area contributed by atoms with E-state index in [1.807, 2.05) is 5.32 Å². The topological polar surface area (TPSA) is 35.8 Å². The van der Waals surface area contributed by atoms with Crippen molar-refractivity contribution in [2.45, 2.75) is 6.18 Å². The Morgan fingerprint density at radius 3 is 2.33 bits per heavy atom. The minimum absolute atomic E-state index is 0.256. The van der Waals surface area contributed by atoms with Crippen LogP contribution in [0.2, 0.25) is 0 Å². The van der Waals surface area contributed by atoms with Crippen LogP contribution >= 0.6 is 0 Å². The van der Waals surface area contributed by atoms with E-state index in [4.69, 9.17) is 5.26 Å². The summed E-state index contributed by atoms with van der Waals surface area (Å²) in [5.41, 5.74) is -0.767. The van der Waals surface area contributed by atoms with E-state index in [0.29, 0.717) is 6.07 Å². The van der Waals surface area contributed by atoms with Crippen LogP contribution in [0.5, 0.6) is 0 Å². The summed E-state index contributed by atoms with van der Waals surface area (Å²) in [6.45, 7) is -1.00. The molecule has 0 aromatic heterocycles. The first-order valence-electron chi connectivity index (χ1n) is 4.60. The zero-order valence-corrected chi connectivity index (χ0v) is 8.65. The van der Waals surface area contributed by atoms with Gasteiger partial charge in [-0.15, -0.1) is 0 Å². The summed E-state index contributed by atoms with van der Waals surface area (Å²) >= 11 is 0. The van der Waals surface area contributed by atoms with Gasteiger partial charge in [0.05, 0.1) is 11.8 Å². The summed E-state index contributed by atoms with van der Waals surface area (Å²) in [5, 5.41) is 10.1. The van der Waals surface area contributed by atoms with Crippen molar-refractivity contribution in [1.29, 1.82) is 5.26 Å². The standard InChI is InChI=1S/C10H6F6N2/c11-6-1-7(12)9(13)8(2-6)18-4-5(3-17)10(14,15)16/h1-2,5,18H,4H2. The smallest absolute Gasteiger partial charge is 0.381 e. The van der Waals surface area contributed by atoms with Crippen LogP contribution < -0.4 is 5.32 Å². The third-order valence-corrected chi connectivity index (χ3v) is 2.04. The maximum Gasteiger partial charge on any atom is 0.406 e. The second kappa shape index (κ2) is 5.16. The van der Waals surface area contributed by atoms with Crippen LogP contribution in [0.4, 0.5) is 32.0 Å². The van der Waals surface area contributed by atoms with Crippen molar-refractivity contribution in [1.82, 2.24) is 0 Å². The first-order chi connectivity index (χ1) is 8.25. The molecule has 0 heterocycles. The molecule has 1 N–H and O–H groups in total. The molecule has 1 aromatic rings. The number of hydrogen-bond acceptors (Lipinski definition) is 2. The minimum atomic E-state index is -4.80. The zero-order valence-electron chi connectivity index (χ0n) is 8.65. The van der Waals surface area contributed by atoms with E-state index in [2.05, 4.69) is 0 Å². The molecule has 2 nitrogen and oxygen atoms in total. The number of rotatable bonds is 3. The van der Waals surface area contributed by atoms with Crippen molar-refractivity contribution in [2.24, 2.45) is 5.92 Å². The van der Waals surface area contributed by atoms with E-state index in [1.165, 1.54) is 0 Å². The molecule has 0 fully saturated rings. The molecule has 18 heavy (non-hydrogen) atoms. The molecule has 0 radical (unpaired) electrons. The lowest BCUT2D eigenvalue weighted by atomic mass is 10.1. The number of anilines is 1. The summed E-state index contributed by atoms with van der Waals surface area (Å²) in [5.74, 6) is -6.58. The molecule has 8 heteroatoms. The Balaban J connectivity index is 2.84. The van der Waals surface area contributed by atoms with Gasteiger partial charge in [-0.25, -0.2) is 13.2 Å². The summed E-state index contributed by atoms with van der Waals surface area (Å²) in [6, 6.07) is 1.72. The average molecular weight is 268 g/mol. The summed E-state index contributed by atoms with van der Waals surface area (Å²) in [4.78, 5) is 0. The Kier molecular flexibility index (Phi) is 4.06. The lowest BCUT2D eigenvalue weighted by Gasteiger charge is -2.15. The van der Waals surface area contributed by atoms with E-state index in [-0.39, 0.29) is 6.07 Å². The Morgan fingerprint density at radius 2 is 1.83 bits per heavy atom. The first kappa shape index (κ1) is 14.2. The van der Waals surface area contributed by atoms with Crippen molar-refractivity contribution in [3.63, 3.8) is 0 Å². The predicted octanol–water partition coefficient (Wildman–Crippen LogP) is 3.22. The lowest BCUT2D eigenvalue weighted by molar-refractivity contribution is -0.155. The van der Waals surface area contributed by atoms with Crippen LogP contribution in [0.3, 0.4) is 0 Å². The number of hydrogen-bond donors (Lipinski definition) is 1. The highest BCUT2D eigenvalue weighted by atomic mass is 19.4. The molecule has 0 spiro atoms. The summed E-state index contributed by atoms with van der Waals surface area (Å²) < 4.78 is 75.1. The normalized spacial score (nSPS) is 12.9. The summed E-state index contributed by atoms with van der Waals surface area (Å²) in [6.07, 6.45) is -4.80. The van der Waals surface area contributed by atoms with Gasteiger partial charge in [-0.05, 0) is 0 Å². The molecular formula is C10H6F6N2. The van der Waals surface area contributed by atoms with Crippen molar-refractivity contribution in [3.05, 3.63) is 29.6 Å². The fourth-order valence-electron chi connectivity index (χ4n) is 1.13. The largest absolute Gasteiger partial charge is 0.406 e. The number of nitrogens with zero attached hydrogens (tertiary/aromatic N) is 1. The number of benzene rings is 1. The van der Waals surface area contributed by atoms with Crippen molar-refractivity contribution in [2.75, 3.05) is 11.9 Å². The molecule has 0 amide bonds. The van der Waals surface area contributed by atoms with Crippen LogP contribution in [0.1, 0.15) is 0 Å². The highest BCUT2D eigenvalue weighted by Gasteiger charge is 2.39. The fraction of sp³-hybridized carbons (Fsp3) is 0.300. The van der Waals surface area contributed by atoms with Gasteiger partial charge in [-0.2, -0.15) is 18.4 Å². The molecule has 1 atom stereocenters. The fourth-order valence-corrected chi connectivity index (χ4v) is 1.13. The zero-order chi connectivity index (χ0) is 13.9. The molecule has 0 aliphatic carbocycles. The number of nitriles is 1. The van der Waals surface area contributed by atoms with Gasteiger partial charge in [0.15, 0.2) is 17.6 Å². The van der Waals surface area contributed by atoms with Crippen LogP contribution in [0, 0.1) is 34.7 Å². The van der Waals surface area contributed by atoms with Gasteiger partial charge in [0.2, 0.25) is 0 Å². The third-order valence-electron chi connectivity index (χ3n) is 2.04. The molecule has 1 unspecified atom stereocenters. The molecular weight excluding hydrogens is 262 g/mol. The van der Waals surface area contributed by atoms with E-state index in [9.17, 15) is 26.3 Å². The highest BCUT2D eigenvalue weighted by Crippen LogP contribution is 2.27. The Hall–Kier alpha value is -1.91. The maximum absolute atomic E-state index is 13.1. The Morgan fingerprint density at radius 1 is 1.22 bits per heavy atom. The quantitative estimate of drug-likeness (QED) is 0.675. The van der Waals surface area contributed by atoms with Crippen molar-refractivity contribution in [3.8, 4) is 6.07 Å². The van der Waals surface area contributed by atoms with Gasteiger partial charge in [-0.3, -0.25) is 0 Å². The minimum Gasteiger partial charge on any atom is -0.381 e.